The number of nitrogens with zero attached hydrogens (tertiary/aromatic N) is 1. The minimum absolute atomic E-state index is 0.0732. The first-order valence-corrected chi connectivity index (χ1v) is 7.95. The van der Waals surface area contributed by atoms with Gasteiger partial charge in [-0.25, -0.2) is 0 Å². The summed E-state index contributed by atoms with van der Waals surface area (Å²) in [6, 6.07) is 12.8. The zero-order chi connectivity index (χ0) is 17.1. The van der Waals surface area contributed by atoms with Crippen molar-refractivity contribution < 1.29 is 9.53 Å². The topological polar surface area (TPSA) is 51.2 Å². The van der Waals surface area contributed by atoms with Crippen LogP contribution < -0.4 is 10.1 Å². The number of aryl methyl sites for hydroxylation is 2. The molecule has 0 atom stereocenters. The quantitative estimate of drug-likeness (QED) is 0.759. The Kier molecular flexibility index (Phi) is 4.67. The highest BCUT2D eigenvalue weighted by molar-refractivity contribution is 6.30. The van der Waals surface area contributed by atoms with E-state index in [1.54, 1.807) is 36.5 Å². The number of aromatic nitrogens is 1. The average molecular weight is 341 g/mol. The van der Waals surface area contributed by atoms with Gasteiger partial charge in [-0.05, 0) is 55.8 Å². The summed E-state index contributed by atoms with van der Waals surface area (Å²) in [6.45, 7) is 3.96. The second-order valence-electron chi connectivity index (χ2n) is 5.63. The molecule has 2 aromatic carbocycles. The van der Waals surface area contributed by atoms with E-state index in [1.165, 1.54) is 0 Å². The van der Waals surface area contributed by atoms with E-state index in [0.29, 0.717) is 10.8 Å². The van der Waals surface area contributed by atoms with Crippen LogP contribution in [0.5, 0.6) is 5.75 Å². The molecular formula is C19H17ClN2O2. The van der Waals surface area contributed by atoms with Crippen molar-refractivity contribution in [3.8, 4) is 5.75 Å². The molecule has 122 valence electrons. The molecule has 1 aromatic heterocycles. The van der Waals surface area contributed by atoms with Crippen LogP contribution in [0.4, 0.5) is 5.69 Å². The first-order valence-electron chi connectivity index (χ1n) is 7.57. The number of halogens is 1. The lowest BCUT2D eigenvalue weighted by Gasteiger charge is -2.11. The molecule has 4 nitrogen and oxygen atoms in total. The maximum atomic E-state index is 12.2. The number of amides is 1. The van der Waals surface area contributed by atoms with Gasteiger partial charge in [0.1, 0.15) is 5.75 Å². The predicted octanol–water partition coefficient (Wildman–Crippen LogP) is 4.52. The van der Waals surface area contributed by atoms with Crippen LogP contribution >= 0.6 is 11.6 Å². The largest absolute Gasteiger partial charge is 0.484 e. The average Bonchev–Trinajstić information content (AvgIpc) is 2.55. The van der Waals surface area contributed by atoms with Crippen molar-refractivity contribution in [3.63, 3.8) is 0 Å². The molecule has 24 heavy (non-hydrogen) atoms. The molecule has 5 heteroatoms. The van der Waals surface area contributed by atoms with Gasteiger partial charge in [0.05, 0.1) is 11.2 Å². The summed E-state index contributed by atoms with van der Waals surface area (Å²) in [4.78, 5) is 16.6. The third-order valence-electron chi connectivity index (χ3n) is 3.64. The second-order valence-corrected chi connectivity index (χ2v) is 6.06. The number of anilines is 1. The Labute approximate surface area is 145 Å². The summed E-state index contributed by atoms with van der Waals surface area (Å²) in [5, 5.41) is 4.44. The number of hydrogen-bond acceptors (Lipinski definition) is 3. The molecule has 0 aliphatic carbocycles. The Morgan fingerprint density at radius 3 is 2.67 bits per heavy atom. The molecule has 1 heterocycles. The molecule has 0 aliphatic heterocycles. The van der Waals surface area contributed by atoms with Crippen LogP contribution in [0.2, 0.25) is 5.02 Å². The van der Waals surface area contributed by atoms with Gasteiger partial charge in [-0.3, -0.25) is 9.78 Å². The number of fused-ring (bicyclic) bond motifs is 1. The lowest BCUT2D eigenvalue weighted by atomic mass is 10.1. The zero-order valence-corrected chi connectivity index (χ0v) is 14.2. The molecular weight excluding hydrogens is 324 g/mol. The minimum Gasteiger partial charge on any atom is -0.484 e. The Balaban J connectivity index is 1.74. The van der Waals surface area contributed by atoms with Crippen molar-refractivity contribution in [2.24, 2.45) is 0 Å². The minimum atomic E-state index is -0.225. The summed E-state index contributed by atoms with van der Waals surface area (Å²) in [5.41, 5.74) is 3.83. The summed E-state index contributed by atoms with van der Waals surface area (Å²) >= 11 is 5.82. The van der Waals surface area contributed by atoms with Crippen LogP contribution in [0.1, 0.15) is 11.1 Å². The fourth-order valence-corrected chi connectivity index (χ4v) is 2.71. The Morgan fingerprint density at radius 2 is 1.92 bits per heavy atom. The standard InChI is InChI=1S/C19H17ClN2O2/c1-12-9-13(2)19-16(10-12)17(7-8-21-19)22-18(23)11-24-15-5-3-14(20)4-6-15/h3-10H,11H2,1-2H3,(H,21,22,23). The summed E-state index contributed by atoms with van der Waals surface area (Å²) < 4.78 is 5.47. The van der Waals surface area contributed by atoms with E-state index in [0.717, 1.165) is 27.7 Å². The van der Waals surface area contributed by atoms with E-state index in [2.05, 4.69) is 16.4 Å². The molecule has 0 bridgehead atoms. The molecule has 1 amide bonds. The van der Waals surface area contributed by atoms with E-state index in [-0.39, 0.29) is 12.5 Å². The van der Waals surface area contributed by atoms with Crippen molar-refractivity contribution in [3.05, 3.63) is 64.8 Å². The Morgan fingerprint density at radius 1 is 1.17 bits per heavy atom. The lowest BCUT2D eigenvalue weighted by Crippen LogP contribution is -2.20. The zero-order valence-electron chi connectivity index (χ0n) is 13.5. The Bertz CT molecular complexity index is 892. The maximum Gasteiger partial charge on any atom is 0.262 e. The SMILES string of the molecule is Cc1cc(C)c2nccc(NC(=O)COc3ccc(Cl)cc3)c2c1. The van der Waals surface area contributed by atoms with E-state index in [4.69, 9.17) is 16.3 Å². The van der Waals surface area contributed by atoms with Gasteiger partial charge >= 0.3 is 0 Å². The summed E-state index contributed by atoms with van der Waals surface area (Å²) in [5.74, 6) is 0.373. The van der Waals surface area contributed by atoms with Gasteiger partial charge in [0, 0.05) is 16.6 Å². The van der Waals surface area contributed by atoms with Gasteiger partial charge in [0.15, 0.2) is 6.61 Å². The number of rotatable bonds is 4. The molecule has 0 saturated carbocycles. The second kappa shape index (κ2) is 6.89. The highest BCUT2D eigenvalue weighted by Crippen LogP contribution is 2.25. The molecule has 0 radical (unpaired) electrons. The van der Waals surface area contributed by atoms with Gasteiger partial charge in [0.25, 0.3) is 5.91 Å². The number of nitrogens with one attached hydrogen (secondary N) is 1. The first-order chi connectivity index (χ1) is 11.5. The van der Waals surface area contributed by atoms with Gasteiger partial charge < -0.3 is 10.1 Å². The third kappa shape index (κ3) is 3.66. The van der Waals surface area contributed by atoms with Crippen LogP contribution in [-0.4, -0.2) is 17.5 Å². The Hall–Kier alpha value is -2.59. The van der Waals surface area contributed by atoms with Crippen LogP contribution in [0.3, 0.4) is 0 Å². The molecule has 0 fully saturated rings. The third-order valence-corrected chi connectivity index (χ3v) is 3.89. The first kappa shape index (κ1) is 16.3. The van der Waals surface area contributed by atoms with Crippen molar-refractivity contribution in [1.82, 2.24) is 4.98 Å². The maximum absolute atomic E-state index is 12.2. The van der Waals surface area contributed by atoms with Crippen LogP contribution in [0.15, 0.2) is 48.7 Å². The van der Waals surface area contributed by atoms with Crippen LogP contribution in [0, 0.1) is 13.8 Å². The van der Waals surface area contributed by atoms with E-state index < -0.39 is 0 Å². The number of benzene rings is 2. The van der Waals surface area contributed by atoms with Gasteiger partial charge in [-0.1, -0.05) is 23.2 Å². The molecule has 3 rings (SSSR count). The van der Waals surface area contributed by atoms with Gasteiger partial charge in [-0.2, -0.15) is 0 Å². The number of ether oxygens (including phenoxy) is 1. The smallest absolute Gasteiger partial charge is 0.262 e. The summed E-state index contributed by atoms with van der Waals surface area (Å²) in [7, 11) is 0. The molecule has 0 saturated heterocycles. The molecule has 0 unspecified atom stereocenters. The number of carbonyl (C=O) groups excluding carboxylic acids is 1. The van der Waals surface area contributed by atoms with Gasteiger partial charge in [0.2, 0.25) is 0 Å². The van der Waals surface area contributed by atoms with Crippen LogP contribution in [-0.2, 0) is 4.79 Å². The normalized spacial score (nSPS) is 10.6. The van der Waals surface area contributed by atoms with Crippen molar-refractivity contribution in [2.45, 2.75) is 13.8 Å². The predicted molar refractivity (Wildman–Crippen MR) is 96.8 cm³/mol. The van der Waals surface area contributed by atoms with Gasteiger partial charge in [-0.15, -0.1) is 0 Å². The fraction of sp³-hybridized carbons (Fsp3) is 0.158. The lowest BCUT2D eigenvalue weighted by molar-refractivity contribution is -0.118. The molecule has 0 aliphatic rings. The van der Waals surface area contributed by atoms with E-state index in [1.807, 2.05) is 19.9 Å². The van der Waals surface area contributed by atoms with Crippen molar-refractivity contribution >= 4 is 34.1 Å². The van der Waals surface area contributed by atoms with Crippen LogP contribution in [0.25, 0.3) is 10.9 Å². The highest BCUT2D eigenvalue weighted by atomic mass is 35.5. The monoisotopic (exact) mass is 340 g/mol. The molecule has 1 N–H and O–H groups in total. The fourth-order valence-electron chi connectivity index (χ4n) is 2.59. The summed E-state index contributed by atoms with van der Waals surface area (Å²) in [6.07, 6.45) is 1.69. The van der Waals surface area contributed by atoms with Crippen molar-refractivity contribution in [1.29, 1.82) is 0 Å². The number of pyridine rings is 1. The number of carbonyl (C=O) groups is 1. The molecule has 0 spiro atoms. The highest BCUT2D eigenvalue weighted by Gasteiger charge is 2.09. The number of hydrogen-bond donors (Lipinski definition) is 1. The van der Waals surface area contributed by atoms with Crippen molar-refractivity contribution in [2.75, 3.05) is 11.9 Å². The van der Waals surface area contributed by atoms with E-state index in [9.17, 15) is 4.79 Å². The molecule has 3 aromatic rings. The van der Waals surface area contributed by atoms with E-state index >= 15 is 0 Å².